The molecule has 1 aliphatic heterocycles. The van der Waals surface area contributed by atoms with Crippen LogP contribution >= 0.6 is 39.0 Å². The van der Waals surface area contributed by atoms with Crippen molar-refractivity contribution in [2.75, 3.05) is 13.7 Å². The Hall–Kier alpha value is -3.34. The van der Waals surface area contributed by atoms with E-state index in [-0.39, 0.29) is 12.2 Å². The predicted octanol–water partition coefficient (Wildman–Crippen LogP) is 5.31. The standard InChI is InChI=1S/C28H23BrN2O5S2/c1-4-35-27(33)24-16(2)30-28-31(25(24)17-10-12-21(34-3)20(29)14-17)26(32)22(38-28)15-18-11-13-23(36-18)37-19-8-6-5-7-9-19/h5-15,25H,4H2,1-3H3/b22-15+/t25-/m1/s1. The van der Waals surface area contributed by atoms with Crippen LogP contribution in [0.15, 0.2) is 101 Å². The van der Waals surface area contributed by atoms with Gasteiger partial charge in [0, 0.05) is 11.0 Å². The first-order valence-electron chi connectivity index (χ1n) is 11.8. The van der Waals surface area contributed by atoms with Crippen LogP contribution in [0.2, 0.25) is 0 Å². The molecule has 2 aromatic carbocycles. The number of carbonyl (C=O) groups excluding carboxylic acids is 1. The zero-order valence-corrected chi connectivity index (χ0v) is 24.0. The van der Waals surface area contributed by atoms with E-state index < -0.39 is 12.0 Å². The summed E-state index contributed by atoms with van der Waals surface area (Å²) < 4.78 is 19.4. The maximum Gasteiger partial charge on any atom is 0.338 e. The first kappa shape index (κ1) is 26.3. The number of benzene rings is 2. The van der Waals surface area contributed by atoms with E-state index in [2.05, 4.69) is 20.9 Å². The first-order valence-corrected chi connectivity index (χ1v) is 14.2. The van der Waals surface area contributed by atoms with Gasteiger partial charge in [0.05, 0.1) is 40.0 Å². The fraction of sp³-hybridized carbons (Fsp3) is 0.179. The van der Waals surface area contributed by atoms with E-state index in [0.717, 1.165) is 15.6 Å². The molecule has 0 amide bonds. The average Bonchev–Trinajstić information content (AvgIpc) is 3.47. The maximum absolute atomic E-state index is 13.8. The molecule has 0 radical (unpaired) electrons. The number of thiazole rings is 1. The van der Waals surface area contributed by atoms with Crippen LogP contribution < -0.4 is 19.6 Å². The van der Waals surface area contributed by atoms with E-state index in [1.54, 1.807) is 37.7 Å². The van der Waals surface area contributed by atoms with Crippen LogP contribution in [0.1, 0.15) is 31.2 Å². The Bertz CT molecular complexity index is 1720. The largest absolute Gasteiger partial charge is 0.496 e. The van der Waals surface area contributed by atoms with E-state index >= 15 is 0 Å². The molecule has 0 bridgehead atoms. The number of fused-ring (bicyclic) bond motifs is 1. The smallest absolute Gasteiger partial charge is 0.338 e. The number of aromatic nitrogens is 1. The molecule has 1 atom stereocenters. The summed E-state index contributed by atoms with van der Waals surface area (Å²) in [5.41, 5.74) is 1.28. The van der Waals surface area contributed by atoms with Gasteiger partial charge in [-0.15, -0.1) is 0 Å². The molecule has 7 nitrogen and oxygen atoms in total. The third-order valence-electron chi connectivity index (χ3n) is 5.85. The quantitative estimate of drug-likeness (QED) is 0.264. The number of hydrogen-bond donors (Lipinski definition) is 0. The molecule has 0 unspecified atom stereocenters. The summed E-state index contributed by atoms with van der Waals surface area (Å²) >= 11 is 6.28. The summed E-state index contributed by atoms with van der Waals surface area (Å²) in [6, 6.07) is 18.4. The number of allylic oxidation sites excluding steroid dienone is 1. The van der Waals surface area contributed by atoms with Crippen LogP contribution in [0.3, 0.4) is 0 Å². The molecule has 10 heteroatoms. The highest BCUT2D eigenvalue weighted by Crippen LogP contribution is 2.35. The van der Waals surface area contributed by atoms with Gasteiger partial charge in [-0.2, -0.15) is 0 Å². The minimum absolute atomic E-state index is 0.209. The fourth-order valence-electron chi connectivity index (χ4n) is 4.16. The van der Waals surface area contributed by atoms with Gasteiger partial charge >= 0.3 is 5.97 Å². The molecule has 0 saturated heterocycles. The summed E-state index contributed by atoms with van der Waals surface area (Å²) in [6.07, 6.45) is 1.71. The van der Waals surface area contributed by atoms with Crippen molar-refractivity contribution in [1.82, 2.24) is 4.57 Å². The number of ether oxygens (including phenoxy) is 2. The number of esters is 1. The highest BCUT2D eigenvalue weighted by atomic mass is 79.9. The molecule has 2 aromatic heterocycles. The lowest BCUT2D eigenvalue weighted by Crippen LogP contribution is -2.39. The van der Waals surface area contributed by atoms with E-state index in [1.807, 2.05) is 54.6 Å². The number of halogens is 1. The van der Waals surface area contributed by atoms with E-state index in [4.69, 9.17) is 13.9 Å². The van der Waals surface area contributed by atoms with Gasteiger partial charge in [0.25, 0.3) is 5.56 Å². The monoisotopic (exact) mass is 610 g/mol. The summed E-state index contributed by atoms with van der Waals surface area (Å²) in [6.45, 7) is 3.71. The minimum atomic E-state index is -0.713. The summed E-state index contributed by atoms with van der Waals surface area (Å²) in [7, 11) is 1.58. The van der Waals surface area contributed by atoms with Gasteiger partial charge < -0.3 is 13.9 Å². The average molecular weight is 612 g/mol. The lowest BCUT2D eigenvalue weighted by atomic mass is 9.96. The van der Waals surface area contributed by atoms with Crippen molar-refractivity contribution >= 4 is 51.1 Å². The number of hydrogen-bond acceptors (Lipinski definition) is 8. The Labute approximate surface area is 235 Å². The Morgan fingerprint density at radius 1 is 1.21 bits per heavy atom. The van der Waals surface area contributed by atoms with Gasteiger partial charge in [0.2, 0.25) is 0 Å². The minimum Gasteiger partial charge on any atom is -0.496 e. The molecule has 194 valence electrons. The molecular formula is C28H23BrN2O5S2. The van der Waals surface area contributed by atoms with E-state index in [0.29, 0.717) is 36.6 Å². The van der Waals surface area contributed by atoms with Crippen molar-refractivity contribution in [2.45, 2.75) is 29.9 Å². The molecule has 0 spiro atoms. The van der Waals surface area contributed by atoms with Gasteiger partial charge in [0.15, 0.2) is 9.89 Å². The van der Waals surface area contributed by atoms with Crippen molar-refractivity contribution in [2.24, 2.45) is 4.99 Å². The predicted molar refractivity (Wildman–Crippen MR) is 150 cm³/mol. The first-order chi connectivity index (χ1) is 18.4. The molecule has 0 N–H and O–H groups in total. The normalized spacial score (nSPS) is 15.3. The number of rotatable bonds is 7. The Kier molecular flexibility index (Phi) is 7.73. The second-order valence-corrected chi connectivity index (χ2v) is 11.2. The number of nitrogens with zero attached hydrogens (tertiary/aromatic N) is 2. The second kappa shape index (κ2) is 11.2. The third-order valence-corrected chi connectivity index (χ3v) is 8.38. The van der Waals surface area contributed by atoms with Gasteiger partial charge in [-0.25, -0.2) is 9.79 Å². The molecule has 3 heterocycles. The topological polar surface area (TPSA) is 83.0 Å². The van der Waals surface area contributed by atoms with Crippen molar-refractivity contribution in [3.8, 4) is 5.75 Å². The van der Waals surface area contributed by atoms with Crippen LogP contribution in [0, 0.1) is 0 Å². The van der Waals surface area contributed by atoms with Gasteiger partial charge in [0.1, 0.15) is 11.5 Å². The maximum atomic E-state index is 13.8. The van der Waals surface area contributed by atoms with Crippen molar-refractivity contribution in [3.63, 3.8) is 0 Å². The number of methoxy groups -OCH3 is 1. The molecule has 0 fully saturated rings. The molecule has 4 aromatic rings. The van der Waals surface area contributed by atoms with Crippen molar-refractivity contribution < 1.29 is 18.7 Å². The van der Waals surface area contributed by atoms with Gasteiger partial charge in [-0.3, -0.25) is 9.36 Å². The molecule has 1 aliphatic rings. The summed E-state index contributed by atoms with van der Waals surface area (Å²) in [4.78, 5) is 33.0. The van der Waals surface area contributed by atoms with Gasteiger partial charge in [-0.05, 0) is 71.7 Å². The Balaban J connectivity index is 1.60. The van der Waals surface area contributed by atoms with Crippen LogP contribution in [0.4, 0.5) is 0 Å². The summed E-state index contributed by atoms with van der Waals surface area (Å²) in [5, 5.41) is 0.719. The SMILES string of the molecule is CCOC(=O)C1=C(C)N=c2s/c(=C/c3ccc(Sc4ccccc4)o3)c(=O)n2[C@@H]1c1ccc(OC)c(Br)c1. The van der Waals surface area contributed by atoms with Crippen LogP contribution in [-0.4, -0.2) is 24.3 Å². The molecule has 0 aliphatic carbocycles. The van der Waals surface area contributed by atoms with Crippen molar-refractivity contribution in [1.29, 1.82) is 0 Å². The van der Waals surface area contributed by atoms with Crippen LogP contribution in [0.25, 0.3) is 6.08 Å². The van der Waals surface area contributed by atoms with Crippen LogP contribution in [-0.2, 0) is 9.53 Å². The molecule has 5 rings (SSSR count). The number of carbonyl (C=O) groups is 1. The third kappa shape index (κ3) is 5.16. The van der Waals surface area contributed by atoms with E-state index in [1.165, 1.54) is 23.1 Å². The van der Waals surface area contributed by atoms with Gasteiger partial charge in [-0.1, -0.05) is 47.4 Å². The van der Waals surface area contributed by atoms with Crippen molar-refractivity contribution in [3.05, 3.63) is 107 Å². The van der Waals surface area contributed by atoms with E-state index in [9.17, 15) is 9.59 Å². The fourth-order valence-corrected chi connectivity index (χ4v) is 6.54. The van der Waals surface area contributed by atoms with Crippen LogP contribution in [0.5, 0.6) is 5.75 Å². The molecular weight excluding hydrogens is 588 g/mol. The Morgan fingerprint density at radius 2 is 2.00 bits per heavy atom. The molecule has 0 saturated carbocycles. The highest BCUT2D eigenvalue weighted by molar-refractivity contribution is 9.10. The lowest BCUT2D eigenvalue weighted by Gasteiger charge is -2.25. The zero-order chi connectivity index (χ0) is 26.8. The Morgan fingerprint density at radius 3 is 2.71 bits per heavy atom. The number of furan rings is 1. The molecule has 38 heavy (non-hydrogen) atoms. The summed E-state index contributed by atoms with van der Waals surface area (Å²) in [5.74, 6) is 0.689. The highest BCUT2D eigenvalue weighted by Gasteiger charge is 2.33. The zero-order valence-electron chi connectivity index (χ0n) is 20.8. The second-order valence-electron chi connectivity index (χ2n) is 8.27. The lowest BCUT2D eigenvalue weighted by molar-refractivity contribution is -0.139.